The average molecular weight is 611 g/mol. The summed E-state index contributed by atoms with van der Waals surface area (Å²) in [7, 11) is 0. The van der Waals surface area contributed by atoms with Crippen molar-refractivity contribution in [3.05, 3.63) is 77.0 Å². The fraction of sp³-hybridized carbons (Fsp3) is 0.444. The first-order chi connectivity index (χ1) is 21.6. The maximum Gasteiger partial charge on any atom is 0.248 e. The van der Waals surface area contributed by atoms with Gasteiger partial charge in [-0.2, -0.15) is 0 Å². The molecule has 45 heavy (non-hydrogen) atoms. The Labute approximate surface area is 263 Å². The van der Waals surface area contributed by atoms with Gasteiger partial charge in [0.15, 0.2) is 5.78 Å². The molecule has 2 aliphatic carbocycles. The number of carbonyl (C=O) groups is 4. The Kier molecular flexibility index (Phi) is 8.64. The van der Waals surface area contributed by atoms with E-state index in [1.165, 1.54) is 0 Å². The maximum absolute atomic E-state index is 14.0. The molecule has 2 fully saturated rings. The highest BCUT2D eigenvalue weighted by atomic mass is 16.6. The predicted molar refractivity (Wildman–Crippen MR) is 172 cm³/mol. The van der Waals surface area contributed by atoms with Gasteiger partial charge in [0, 0.05) is 35.5 Å². The van der Waals surface area contributed by atoms with E-state index >= 15 is 0 Å². The number of aromatic amines is 1. The number of para-hydroxylation sites is 1. The van der Waals surface area contributed by atoms with Crippen LogP contribution in [0.5, 0.6) is 0 Å². The number of nitrogens with one attached hydrogen (secondary N) is 4. The molecular weight excluding hydrogens is 568 g/mol. The third kappa shape index (κ3) is 6.59. The second-order valence-electron chi connectivity index (χ2n) is 13.1. The number of aromatic nitrogens is 1. The van der Waals surface area contributed by atoms with Crippen LogP contribution < -0.4 is 16.0 Å². The number of Topliss-reactive ketones (excluding diaryl/α,β-unsaturated/α-hetero) is 1. The molecule has 9 heteroatoms. The van der Waals surface area contributed by atoms with Gasteiger partial charge in [-0.15, -0.1) is 0 Å². The first-order valence-electron chi connectivity index (χ1n) is 16.1. The highest BCUT2D eigenvalue weighted by Gasteiger charge is 2.50. The van der Waals surface area contributed by atoms with E-state index in [0.29, 0.717) is 30.9 Å². The van der Waals surface area contributed by atoms with Crippen LogP contribution in [0.3, 0.4) is 0 Å². The fourth-order valence-corrected chi connectivity index (χ4v) is 6.85. The summed E-state index contributed by atoms with van der Waals surface area (Å²) >= 11 is 0. The Morgan fingerprint density at radius 2 is 1.64 bits per heavy atom. The van der Waals surface area contributed by atoms with Crippen molar-refractivity contribution >= 4 is 40.0 Å². The van der Waals surface area contributed by atoms with Crippen molar-refractivity contribution in [2.75, 3.05) is 6.61 Å². The quantitative estimate of drug-likeness (QED) is 0.229. The van der Waals surface area contributed by atoms with E-state index in [2.05, 4.69) is 20.9 Å². The number of fused-ring (bicyclic) bond motifs is 2. The molecule has 0 bridgehead atoms. The van der Waals surface area contributed by atoms with E-state index in [1.54, 1.807) is 13.8 Å². The van der Waals surface area contributed by atoms with Crippen LogP contribution in [0.2, 0.25) is 0 Å². The molecule has 236 valence electrons. The van der Waals surface area contributed by atoms with Crippen LogP contribution in [-0.2, 0) is 36.8 Å². The Morgan fingerprint density at radius 1 is 0.956 bits per heavy atom. The van der Waals surface area contributed by atoms with Crippen LogP contribution in [0, 0.1) is 5.92 Å². The van der Waals surface area contributed by atoms with E-state index in [0.717, 1.165) is 58.8 Å². The number of hydrogen-bond acceptors (Lipinski definition) is 5. The molecule has 1 aromatic heterocycles. The predicted octanol–water partition coefficient (Wildman–Crippen LogP) is 4.15. The van der Waals surface area contributed by atoms with E-state index < -0.39 is 35.5 Å². The molecule has 0 radical (unpaired) electrons. The van der Waals surface area contributed by atoms with Gasteiger partial charge in [0.2, 0.25) is 17.7 Å². The van der Waals surface area contributed by atoms with Crippen molar-refractivity contribution in [1.82, 2.24) is 20.9 Å². The molecule has 2 aromatic carbocycles. The normalized spacial score (nSPS) is 21.2. The van der Waals surface area contributed by atoms with Crippen LogP contribution in [0.15, 0.2) is 60.3 Å². The lowest BCUT2D eigenvalue weighted by molar-refractivity contribution is -0.134. The van der Waals surface area contributed by atoms with Gasteiger partial charge >= 0.3 is 0 Å². The summed E-state index contributed by atoms with van der Waals surface area (Å²) in [6.07, 6.45) is 7.43. The number of ketones is 1. The molecule has 3 amide bonds. The summed E-state index contributed by atoms with van der Waals surface area (Å²) in [6, 6.07) is 13.1. The first kappa shape index (κ1) is 30.8. The minimum atomic E-state index is -0.973. The zero-order valence-electron chi connectivity index (χ0n) is 26.2. The van der Waals surface area contributed by atoms with Gasteiger partial charge in [-0.1, -0.05) is 68.1 Å². The molecule has 0 unspecified atom stereocenters. The van der Waals surface area contributed by atoms with Crippen molar-refractivity contribution in [1.29, 1.82) is 0 Å². The van der Waals surface area contributed by atoms with Crippen LogP contribution in [0.25, 0.3) is 16.5 Å². The van der Waals surface area contributed by atoms with Crippen LogP contribution >= 0.6 is 0 Å². The largest absolute Gasteiger partial charge is 0.361 e. The third-order valence-corrected chi connectivity index (χ3v) is 9.76. The van der Waals surface area contributed by atoms with Crippen LogP contribution in [-0.4, -0.2) is 58.8 Å². The Balaban J connectivity index is 1.19. The summed E-state index contributed by atoms with van der Waals surface area (Å²) in [6.45, 7) is 5.64. The van der Waals surface area contributed by atoms with E-state index in [-0.39, 0.29) is 18.1 Å². The summed E-state index contributed by atoms with van der Waals surface area (Å²) in [5.41, 5.74) is 4.57. The van der Waals surface area contributed by atoms with Crippen molar-refractivity contribution < 1.29 is 23.9 Å². The molecule has 2 heterocycles. The van der Waals surface area contributed by atoms with Crippen LogP contribution in [0.1, 0.15) is 69.6 Å². The summed E-state index contributed by atoms with van der Waals surface area (Å²) < 4.78 is 5.46. The Morgan fingerprint density at radius 3 is 2.38 bits per heavy atom. The monoisotopic (exact) mass is 610 g/mol. The number of allylic oxidation sites excluding steroid dienone is 1. The van der Waals surface area contributed by atoms with E-state index in [4.69, 9.17) is 4.74 Å². The smallest absolute Gasteiger partial charge is 0.248 e. The van der Waals surface area contributed by atoms with E-state index in [1.807, 2.05) is 61.7 Å². The zero-order chi connectivity index (χ0) is 31.7. The molecule has 6 rings (SSSR count). The molecular formula is C36H42N4O5. The fourth-order valence-electron chi connectivity index (χ4n) is 6.85. The summed E-state index contributed by atoms with van der Waals surface area (Å²) in [5.74, 6) is -0.977. The van der Waals surface area contributed by atoms with Crippen molar-refractivity contribution in [2.24, 2.45) is 5.92 Å². The topological polar surface area (TPSA) is 133 Å². The third-order valence-electron chi connectivity index (χ3n) is 9.76. The number of H-pyrrole nitrogens is 1. The summed E-state index contributed by atoms with van der Waals surface area (Å²) in [4.78, 5) is 57.5. The van der Waals surface area contributed by atoms with Gasteiger partial charge < -0.3 is 25.7 Å². The standard InChI is InChI=1S/C36H42N4O5/c1-21-26-13-7-6-12-24(26)17-28(21)34(43)38-22(2)33(42)40-31(18-25-19-37-29-15-9-8-14-27(25)29)35(44)39-30(16-23-10-4-5-11-23)32(41)36(3)20-45-36/h6-9,12-15,19,22-23,30-31,37H,4-5,10-11,16-18,20H2,1-3H3,(H,38,43)(H,39,44)(H,40,42)/t22-,30+,31+,36+/m1/s1. The van der Waals surface area contributed by atoms with Gasteiger partial charge in [0.1, 0.15) is 17.7 Å². The van der Waals surface area contributed by atoms with E-state index in [9.17, 15) is 19.2 Å². The molecule has 0 spiro atoms. The summed E-state index contributed by atoms with van der Waals surface area (Å²) in [5, 5.41) is 9.69. The van der Waals surface area contributed by atoms with Gasteiger partial charge in [0.25, 0.3) is 0 Å². The maximum atomic E-state index is 14.0. The Hall–Kier alpha value is -4.24. The number of hydrogen-bond donors (Lipinski definition) is 4. The number of carbonyl (C=O) groups excluding carboxylic acids is 4. The molecule has 9 nitrogen and oxygen atoms in total. The SMILES string of the molecule is CC1=C(C(=O)N[C@H](C)C(=O)N[C@@H](Cc2c[nH]c3ccccc23)C(=O)N[C@@H](CC2CCCC2)C(=O)[C@]2(C)CO2)Cc2ccccc21. The minimum absolute atomic E-state index is 0.123. The Bertz CT molecular complexity index is 1660. The molecule has 1 saturated carbocycles. The number of rotatable bonds is 12. The molecule has 3 aromatic rings. The minimum Gasteiger partial charge on any atom is -0.361 e. The number of amides is 3. The first-order valence-corrected chi connectivity index (χ1v) is 16.1. The van der Waals surface area contributed by atoms with Crippen molar-refractivity contribution in [3.8, 4) is 0 Å². The second kappa shape index (κ2) is 12.6. The van der Waals surface area contributed by atoms with Gasteiger partial charge in [-0.25, -0.2) is 0 Å². The number of ether oxygens (including phenoxy) is 1. The molecule has 4 N–H and O–H groups in total. The van der Waals surface area contributed by atoms with Crippen LogP contribution in [0.4, 0.5) is 0 Å². The average Bonchev–Trinajstić information content (AvgIpc) is 3.35. The lowest BCUT2D eigenvalue weighted by Crippen LogP contribution is -2.57. The highest BCUT2D eigenvalue weighted by Crippen LogP contribution is 2.34. The van der Waals surface area contributed by atoms with Gasteiger partial charge in [-0.3, -0.25) is 19.2 Å². The van der Waals surface area contributed by atoms with Gasteiger partial charge in [0.05, 0.1) is 12.6 Å². The molecule has 1 aliphatic heterocycles. The lowest BCUT2D eigenvalue weighted by atomic mass is 9.90. The zero-order valence-corrected chi connectivity index (χ0v) is 26.2. The van der Waals surface area contributed by atoms with Crippen molar-refractivity contribution in [2.45, 2.75) is 89.4 Å². The van der Waals surface area contributed by atoms with Gasteiger partial charge in [-0.05, 0) is 61.4 Å². The molecule has 3 aliphatic rings. The lowest BCUT2D eigenvalue weighted by Gasteiger charge is -2.26. The number of benzene rings is 2. The molecule has 1 saturated heterocycles. The molecule has 4 atom stereocenters. The highest BCUT2D eigenvalue weighted by molar-refractivity contribution is 6.05. The second-order valence-corrected chi connectivity index (χ2v) is 13.1. The number of epoxide rings is 1. The van der Waals surface area contributed by atoms with Crippen molar-refractivity contribution in [3.63, 3.8) is 0 Å².